The van der Waals surface area contributed by atoms with Crippen molar-refractivity contribution in [2.75, 3.05) is 53.4 Å². The first kappa shape index (κ1) is 95.8. The van der Waals surface area contributed by atoms with Gasteiger partial charge in [0, 0.05) is 103 Å². The van der Waals surface area contributed by atoms with E-state index in [0.717, 1.165) is 126 Å². The average molecular weight is 1700 g/mol. The maximum absolute atomic E-state index is 15.2. The van der Waals surface area contributed by atoms with Crippen LogP contribution in [0.25, 0.3) is 11.1 Å². The van der Waals surface area contributed by atoms with Gasteiger partial charge in [0.2, 0.25) is 11.8 Å². The van der Waals surface area contributed by atoms with Gasteiger partial charge in [-0.25, -0.2) is 14.4 Å². The molecule has 4 heterocycles. The molecule has 120 heavy (non-hydrogen) atoms. The van der Waals surface area contributed by atoms with Gasteiger partial charge in [-0.2, -0.15) is 0 Å². The first-order valence-electron chi connectivity index (χ1n) is 37.3. The van der Waals surface area contributed by atoms with E-state index in [4.69, 9.17) is 109 Å². The van der Waals surface area contributed by atoms with Gasteiger partial charge < -0.3 is 125 Å². The Labute approximate surface area is 685 Å². The number of ether oxygens (including phenoxy) is 23. The minimum Gasteiger partial charge on any atom is -0.465 e. The van der Waals surface area contributed by atoms with E-state index in [2.05, 4.69) is 22.5 Å². The molecular formula is C77H97N3O40. The molecule has 1 aliphatic carbocycles. The molecule has 660 valence electrons. The summed E-state index contributed by atoms with van der Waals surface area (Å²) in [5.74, 6) is -22.1. The van der Waals surface area contributed by atoms with Crippen molar-refractivity contribution >= 4 is 101 Å². The van der Waals surface area contributed by atoms with Crippen LogP contribution >= 0.6 is 0 Å². The van der Waals surface area contributed by atoms with Gasteiger partial charge in [-0.05, 0) is 22.3 Å². The van der Waals surface area contributed by atoms with E-state index in [1.54, 1.807) is 0 Å². The predicted octanol–water partition coefficient (Wildman–Crippen LogP) is 0.343. The molecule has 3 amide bonds. The summed E-state index contributed by atoms with van der Waals surface area (Å²) < 4.78 is 137. The summed E-state index contributed by atoms with van der Waals surface area (Å²) in [6, 6.07) is 9.03. The largest absolute Gasteiger partial charge is 0.465 e. The summed E-state index contributed by atoms with van der Waals surface area (Å²) in [4.78, 5) is 229. The number of esters is 14. The zero-order valence-electron chi connectivity index (χ0n) is 68.1. The Hall–Kier alpha value is -11.4. The first-order chi connectivity index (χ1) is 56.6. The molecule has 7 rings (SSSR count). The van der Waals surface area contributed by atoms with Gasteiger partial charge in [0.1, 0.15) is 88.4 Å². The quantitative estimate of drug-likeness (QED) is 0.0470. The molecule has 2 aromatic carbocycles. The Kier molecular flexibility index (Phi) is 35.2. The molecule has 0 aromatic heterocycles. The van der Waals surface area contributed by atoms with Gasteiger partial charge in [0.25, 0.3) is 5.79 Å². The minimum absolute atomic E-state index is 0.265. The van der Waals surface area contributed by atoms with E-state index < -0.39 is 288 Å². The van der Waals surface area contributed by atoms with Crippen molar-refractivity contribution < 1.29 is 190 Å². The molecule has 4 aliphatic heterocycles. The highest BCUT2D eigenvalue weighted by molar-refractivity contribution is 5.83. The summed E-state index contributed by atoms with van der Waals surface area (Å²) in [6.07, 6.45) is -40.0. The summed E-state index contributed by atoms with van der Waals surface area (Å²) in [6.45, 7) is 10.7. The van der Waals surface area contributed by atoms with Crippen molar-refractivity contribution in [1.29, 1.82) is 0 Å². The lowest BCUT2D eigenvalue weighted by Crippen LogP contribution is -2.72. The fourth-order valence-electron chi connectivity index (χ4n) is 13.9. The Morgan fingerprint density at radius 2 is 0.917 bits per heavy atom. The molecule has 4 saturated heterocycles. The Morgan fingerprint density at radius 1 is 0.458 bits per heavy atom. The lowest BCUT2D eigenvalue weighted by atomic mass is 9.87. The standard InChI is InChI=1S/C77H97N3O40/c1-17-26-99-71(95)53(80-76(97)105-28-52-50-24-20-18-22-48(50)49-23-19-21-25-51(49)52)29-104-73-69(67(112-46(14)93)63(109-43(11)90)57(115-73)32-102-38(6)85)118-72-60(79-35(3)82)65(111-45(13)92)61(56(114-72)31-101-37(5)84)117-74-70(113-47(15)94)68(64(110-44(12)91)58(116-74)33-103-39(7)86)120-77(75(96)98-16)27-54(106-40(8)87)59(78-34(2)81)66(119-77)62(108-42(10)89)55(107-41(9)88)30-100-36(4)83/h17-25,52-70,72-74H,1,26-33H2,2-16H3,(H,78,81)(H,79,82)(H,80,97)/t53-,54-,55+,56+,57+,58+,59+,60+,61+,62+,63+,64-,65+,66+,67-,68-,69-,70+,72-,73-,74-,77?/m0/s1. The molecule has 4 fully saturated rings. The van der Waals surface area contributed by atoms with Crippen LogP contribution in [0.5, 0.6) is 0 Å². The number of fused-ring (bicyclic) bond motifs is 3. The molecule has 0 spiro atoms. The van der Waals surface area contributed by atoms with E-state index in [1.165, 1.54) is 6.08 Å². The predicted molar refractivity (Wildman–Crippen MR) is 390 cm³/mol. The van der Waals surface area contributed by atoms with Crippen LogP contribution < -0.4 is 16.0 Å². The van der Waals surface area contributed by atoms with Crippen molar-refractivity contribution in [3.05, 3.63) is 72.3 Å². The monoisotopic (exact) mass is 1700 g/mol. The van der Waals surface area contributed by atoms with Crippen LogP contribution in [-0.2, 0) is 186 Å². The number of carbonyl (C=O) groups is 17. The van der Waals surface area contributed by atoms with Crippen LogP contribution in [0.4, 0.5) is 4.79 Å². The maximum atomic E-state index is 15.2. The van der Waals surface area contributed by atoms with Gasteiger partial charge in [0.15, 0.2) is 73.7 Å². The fourth-order valence-corrected chi connectivity index (χ4v) is 13.9. The van der Waals surface area contributed by atoms with Crippen LogP contribution in [0.2, 0.25) is 0 Å². The van der Waals surface area contributed by atoms with Crippen molar-refractivity contribution in [2.45, 2.75) is 244 Å². The van der Waals surface area contributed by atoms with Gasteiger partial charge >= 0.3 is 89.7 Å². The van der Waals surface area contributed by atoms with Crippen molar-refractivity contribution in [3.63, 3.8) is 0 Å². The van der Waals surface area contributed by atoms with Crippen molar-refractivity contribution in [2.24, 2.45) is 0 Å². The number of methoxy groups -OCH3 is 1. The maximum Gasteiger partial charge on any atom is 0.407 e. The topological polar surface area (TPSA) is 539 Å². The average Bonchev–Trinajstić information content (AvgIpc) is 0.966. The van der Waals surface area contributed by atoms with Crippen LogP contribution in [0.3, 0.4) is 0 Å². The molecule has 0 bridgehead atoms. The summed E-state index contributed by atoms with van der Waals surface area (Å²) in [5.41, 5.74) is 3.42. The molecule has 2 aromatic rings. The Balaban J connectivity index is 1.40. The zero-order valence-corrected chi connectivity index (χ0v) is 68.1. The van der Waals surface area contributed by atoms with Gasteiger partial charge in [-0.15, -0.1) is 0 Å². The second-order valence-corrected chi connectivity index (χ2v) is 27.6. The van der Waals surface area contributed by atoms with Gasteiger partial charge in [-0.3, -0.25) is 67.1 Å². The minimum atomic E-state index is -3.32. The number of benzene rings is 2. The second-order valence-electron chi connectivity index (χ2n) is 27.6. The molecule has 43 heteroatoms. The highest BCUT2D eigenvalue weighted by atomic mass is 16.8. The van der Waals surface area contributed by atoms with Crippen LogP contribution in [0.1, 0.15) is 120 Å². The number of amides is 3. The number of carbonyl (C=O) groups excluding carboxylic acids is 17. The smallest absolute Gasteiger partial charge is 0.407 e. The Bertz CT molecular complexity index is 4050. The molecular weight excluding hydrogens is 1610 g/mol. The molecule has 0 saturated carbocycles. The highest BCUT2D eigenvalue weighted by Crippen LogP contribution is 2.46. The van der Waals surface area contributed by atoms with E-state index in [-0.39, 0.29) is 6.61 Å². The normalized spacial score (nSPS) is 27.3. The Morgan fingerprint density at radius 3 is 1.41 bits per heavy atom. The van der Waals surface area contributed by atoms with E-state index in [9.17, 15) is 76.7 Å². The number of rotatable bonds is 36. The lowest BCUT2D eigenvalue weighted by molar-refractivity contribution is -0.389. The van der Waals surface area contributed by atoms with Crippen LogP contribution in [0, 0.1) is 0 Å². The summed E-state index contributed by atoms with van der Waals surface area (Å²) in [7, 11) is 0.774. The SMILES string of the molecule is C=CCOC(=O)[C@H](CO[C@H]1O[C@H](COC(C)=O)[C@@H](OC(C)=O)[C@H](OC(C)=O)[C@@H]1O[C@@H]1O[C@H](COC(C)=O)[C@@H](O[C@@H]2O[C@H](COC(C)=O)[C@H](OC(C)=O)[C@H](OC3(C(=O)OC)C[C@H](OC(C)=O)[C@@H](NC(C)=O)[C@H]([C@H](OC(C)=O)[C@@H](COC(C)=O)OC(C)=O)O3)[C@H]2OC(C)=O)[C@H](OC(C)=O)[C@H]1NC(C)=O)NC(=O)OCC1c2ccccc2-c2ccccc21. The molecule has 22 atom stereocenters. The van der Waals surface area contributed by atoms with E-state index >= 15 is 4.79 Å². The molecule has 43 nitrogen and oxygen atoms in total. The third kappa shape index (κ3) is 26.6. The van der Waals surface area contributed by atoms with Gasteiger partial charge in [-0.1, -0.05) is 61.2 Å². The molecule has 0 radical (unpaired) electrons. The molecule has 3 N–H and O–H groups in total. The van der Waals surface area contributed by atoms with Crippen molar-refractivity contribution in [1.82, 2.24) is 16.0 Å². The molecule has 1 unspecified atom stereocenters. The highest BCUT2D eigenvalue weighted by Gasteiger charge is 2.65. The third-order valence-corrected chi connectivity index (χ3v) is 18.2. The summed E-state index contributed by atoms with van der Waals surface area (Å²) in [5, 5.41) is 7.44. The number of hydrogen-bond donors (Lipinski definition) is 3. The van der Waals surface area contributed by atoms with Crippen molar-refractivity contribution in [3.8, 4) is 11.1 Å². The van der Waals surface area contributed by atoms with Crippen LogP contribution in [-0.4, -0.2) is 289 Å². The third-order valence-electron chi connectivity index (χ3n) is 18.2. The van der Waals surface area contributed by atoms with Crippen LogP contribution in [0.15, 0.2) is 61.2 Å². The lowest BCUT2D eigenvalue weighted by Gasteiger charge is -2.53. The summed E-state index contributed by atoms with van der Waals surface area (Å²) >= 11 is 0. The number of hydrogen-bond acceptors (Lipinski definition) is 40. The van der Waals surface area contributed by atoms with Gasteiger partial charge in [0.05, 0.1) is 26.2 Å². The van der Waals surface area contributed by atoms with E-state index in [1.807, 2.05) is 48.5 Å². The number of nitrogens with one attached hydrogen (secondary N) is 3. The second kappa shape index (κ2) is 44.1. The molecule has 5 aliphatic rings. The van der Waals surface area contributed by atoms with E-state index in [0.29, 0.717) is 0 Å². The first-order valence-corrected chi connectivity index (χ1v) is 37.3. The zero-order chi connectivity index (χ0) is 88.7. The fraction of sp³-hybridized carbons (Fsp3) is 0.597. The number of alkyl carbamates (subject to hydrolysis) is 1.